The maximum Gasteiger partial charge on any atom is 0.0571 e. The van der Waals surface area contributed by atoms with Crippen LogP contribution in [0.5, 0.6) is 0 Å². The van der Waals surface area contributed by atoms with Crippen LogP contribution in [-0.2, 0) is 6.42 Å². The van der Waals surface area contributed by atoms with Crippen LogP contribution in [0, 0.1) is 12.8 Å². The molecule has 0 spiro atoms. The molecule has 0 bridgehead atoms. The van der Waals surface area contributed by atoms with E-state index in [4.69, 9.17) is 0 Å². The van der Waals surface area contributed by atoms with Crippen LogP contribution < -0.4 is 0 Å². The Morgan fingerprint density at radius 2 is 1.62 bits per heavy atom. The van der Waals surface area contributed by atoms with Gasteiger partial charge in [0.2, 0.25) is 0 Å². The molecule has 1 aromatic carbocycles. The summed E-state index contributed by atoms with van der Waals surface area (Å²) in [4.78, 5) is 0. The van der Waals surface area contributed by atoms with Gasteiger partial charge in [0.15, 0.2) is 0 Å². The molecule has 90 valence electrons. The Morgan fingerprint density at radius 3 is 2.12 bits per heavy atom. The van der Waals surface area contributed by atoms with Crippen LogP contribution in [0.1, 0.15) is 44.2 Å². The molecule has 0 saturated heterocycles. The number of aliphatic hydroxyl groups is 1. The zero-order valence-electron chi connectivity index (χ0n) is 10.7. The van der Waals surface area contributed by atoms with Gasteiger partial charge in [-0.25, -0.2) is 0 Å². The van der Waals surface area contributed by atoms with Gasteiger partial charge < -0.3 is 5.11 Å². The van der Waals surface area contributed by atoms with Crippen molar-refractivity contribution in [1.29, 1.82) is 0 Å². The highest BCUT2D eigenvalue weighted by atomic mass is 16.3. The van der Waals surface area contributed by atoms with Crippen LogP contribution in [0.4, 0.5) is 0 Å². The van der Waals surface area contributed by atoms with Crippen LogP contribution in [0.3, 0.4) is 0 Å². The first kappa shape index (κ1) is 13.2. The van der Waals surface area contributed by atoms with Crippen LogP contribution in [-0.4, -0.2) is 11.2 Å². The van der Waals surface area contributed by atoms with Gasteiger partial charge in [-0.2, -0.15) is 0 Å². The van der Waals surface area contributed by atoms with Crippen molar-refractivity contribution in [3.63, 3.8) is 0 Å². The van der Waals surface area contributed by atoms with E-state index in [2.05, 4.69) is 45.0 Å². The van der Waals surface area contributed by atoms with Gasteiger partial charge in [0.1, 0.15) is 0 Å². The number of rotatable bonds is 6. The van der Waals surface area contributed by atoms with Gasteiger partial charge in [0, 0.05) is 0 Å². The first-order valence-corrected chi connectivity index (χ1v) is 6.41. The highest BCUT2D eigenvalue weighted by molar-refractivity contribution is 5.21. The van der Waals surface area contributed by atoms with E-state index in [1.54, 1.807) is 0 Å². The summed E-state index contributed by atoms with van der Waals surface area (Å²) >= 11 is 0. The molecule has 0 amide bonds. The smallest absolute Gasteiger partial charge is 0.0571 e. The van der Waals surface area contributed by atoms with Crippen LogP contribution in [0.25, 0.3) is 0 Å². The molecule has 1 atom stereocenters. The van der Waals surface area contributed by atoms with Gasteiger partial charge >= 0.3 is 0 Å². The van der Waals surface area contributed by atoms with Gasteiger partial charge in [-0.1, -0.05) is 56.5 Å². The highest BCUT2D eigenvalue weighted by Crippen LogP contribution is 2.18. The topological polar surface area (TPSA) is 20.2 Å². The number of hydrogen-bond acceptors (Lipinski definition) is 1. The molecule has 0 saturated carbocycles. The summed E-state index contributed by atoms with van der Waals surface area (Å²) in [6.45, 7) is 6.41. The minimum atomic E-state index is -0.142. The monoisotopic (exact) mass is 220 g/mol. The average molecular weight is 220 g/mol. The van der Waals surface area contributed by atoms with E-state index in [0.717, 1.165) is 25.7 Å². The fourth-order valence-corrected chi connectivity index (χ4v) is 2.14. The maximum absolute atomic E-state index is 10.0. The average Bonchev–Trinajstić information content (AvgIpc) is 2.30. The molecular formula is C15H24O. The van der Waals surface area contributed by atoms with Crippen molar-refractivity contribution in [3.05, 3.63) is 35.4 Å². The molecule has 16 heavy (non-hydrogen) atoms. The fourth-order valence-electron chi connectivity index (χ4n) is 2.14. The lowest BCUT2D eigenvalue weighted by Gasteiger charge is -2.19. The van der Waals surface area contributed by atoms with E-state index >= 15 is 0 Å². The molecule has 0 radical (unpaired) electrons. The van der Waals surface area contributed by atoms with Gasteiger partial charge in [-0.05, 0) is 31.2 Å². The maximum atomic E-state index is 10.0. The summed E-state index contributed by atoms with van der Waals surface area (Å²) in [5, 5.41) is 10.0. The molecule has 1 unspecified atom stereocenters. The lowest BCUT2D eigenvalue weighted by Crippen LogP contribution is -2.19. The minimum absolute atomic E-state index is 0.142. The van der Waals surface area contributed by atoms with Crippen molar-refractivity contribution in [2.45, 2.75) is 52.6 Å². The molecule has 1 rings (SSSR count). The normalized spacial score (nSPS) is 13.1. The summed E-state index contributed by atoms with van der Waals surface area (Å²) in [7, 11) is 0. The highest BCUT2D eigenvalue weighted by Gasteiger charge is 2.14. The molecule has 1 nitrogen and oxygen atoms in total. The Bertz CT molecular complexity index is 285. The Balaban J connectivity index is 2.42. The zero-order chi connectivity index (χ0) is 12.0. The predicted molar refractivity (Wildman–Crippen MR) is 69.6 cm³/mol. The van der Waals surface area contributed by atoms with E-state index < -0.39 is 0 Å². The second kappa shape index (κ2) is 6.70. The number of hydrogen-bond donors (Lipinski definition) is 1. The van der Waals surface area contributed by atoms with E-state index in [1.165, 1.54) is 11.1 Å². The molecule has 1 heteroatoms. The lowest BCUT2D eigenvalue weighted by molar-refractivity contribution is 0.0945. The summed E-state index contributed by atoms with van der Waals surface area (Å²) in [6.07, 6.45) is 3.88. The molecule has 0 aromatic heterocycles. The van der Waals surface area contributed by atoms with Crippen LogP contribution >= 0.6 is 0 Å². The lowest BCUT2D eigenvalue weighted by atomic mass is 9.92. The Hall–Kier alpha value is -0.820. The van der Waals surface area contributed by atoms with Gasteiger partial charge in [0.25, 0.3) is 0 Å². The number of aryl methyl sites for hydroxylation is 2. The Morgan fingerprint density at radius 1 is 1.06 bits per heavy atom. The molecule has 0 aliphatic heterocycles. The SMILES string of the molecule is CCC(CC)C(O)CCc1ccc(C)cc1. The van der Waals surface area contributed by atoms with Crippen LogP contribution in [0.15, 0.2) is 24.3 Å². The zero-order valence-corrected chi connectivity index (χ0v) is 10.7. The van der Waals surface area contributed by atoms with Crippen molar-refractivity contribution in [2.24, 2.45) is 5.92 Å². The summed E-state index contributed by atoms with van der Waals surface area (Å²) in [5.41, 5.74) is 2.62. The quantitative estimate of drug-likeness (QED) is 0.774. The first-order valence-electron chi connectivity index (χ1n) is 6.41. The van der Waals surface area contributed by atoms with E-state index in [9.17, 15) is 5.11 Å². The summed E-state index contributed by atoms with van der Waals surface area (Å²) < 4.78 is 0. The van der Waals surface area contributed by atoms with Gasteiger partial charge in [-0.3, -0.25) is 0 Å². The molecular weight excluding hydrogens is 196 g/mol. The molecule has 0 aliphatic rings. The number of aliphatic hydroxyl groups excluding tert-OH is 1. The van der Waals surface area contributed by atoms with Crippen molar-refractivity contribution in [2.75, 3.05) is 0 Å². The third kappa shape index (κ3) is 3.97. The molecule has 0 aliphatic carbocycles. The molecule has 1 aromatic rings. The van der Waals surface area contributed by atoms with Crippen molar-refractivity contribution in [1.82, 2.24) is 0 Å². The van der Waals surface area contributed by atoms with Crippen molar-refractivity contribution >= 4 is 0 Å². The third-order valence-corrected chi connectivity index (χ3v) is 3.44. The van der Waals surface area contributed by atoms with Crippen LogP contribution in [0.2, 0.25) is 0 Å². The fraction of sp³-hybridized carbons (Fsp3) is 0.600. The van der Waals surface area contributed by atoms with Gasteiger partial charge in [-0.15, -0.1) is 0 Å². The Kier molecular flexibility index (Phi) is 5.54. The van der Waals surface area contributed by atoms with E-state index in [-0.39, 0.29) is 6.10 Å². The number of benzene rings is 1. The Labute approximate surface area is 99.5 Å². The van der Waals surface area contributed by atoms with E-state index in [0.29, 0.717) is 5.92 Å². The van der Waals surface area contributed by atoms with Crippen molar-refractivity contribution in [3.8, 4) is 0 Å². The summed E-state index contributed by atoms with van der Waals surface area (Å²) in [6, 6.07) is 8.60. The second-order valence-electron chi connectivity index (χ2n) is 4.67. The van der Waals surface area contributed by atoms with Gasteiger partial charge in [0.05, 0.1) is 6.10 Å². The largest absolute Gasteiger partial charge is 0.393 e. The second-order valence-corrected chi connectivity index (χ2v) is 4.67. The van der Waals surface area contributed by atoms with Crippen molar-refractivity contribution < 1.29 is 5.11 Å². The molecule has 0 heterocycles. The minimum Gasteiger partial charge on any atom is -0.393 e. The standard InChI is InChI=1S/C15H24O/c1-4-14(5-2)15(16)11-10-13-8-6-12(3)7-9-13/h6-9,14-16H,4-5,10-11H2,1-3H3. The first-order chi connectivity index (χ1) is 7.67. The molecule has 0 fully saturated rings. The third-order valence-electron chi connectivity index (χ3n) is 3.44. The molecule has 1 N–H and O–H groups in total. The summed E-state index contributed by atoms with van der Waals surface area (Å²) in [5.74, 6) is 0.463. The van der Waals surface area contributed by atoms with E-state index in [1.807, 2.05) is 0 Å². The predicted octanol–water partition coefficient (Wildman–Crippen LogP) is 3.72.